The Kier molecular flexibility index (Phi) is 4.56. The Morgan fingerprint density at radius 1 is 1.30 bits per heavy atom. The maximum atomic E-state index is 12.3. The van der Waals surface area contributed by atoms with Crippen LogP contribution in [0.15, 0.2) is 29.2 Å². The number of carbonyl (C=O) groups is 1. The number of fused-ring (bicyclic) bond motifs is 1. The highest BCUT2D eigenvalue weighted by molar-refractivity contribution is 7.90. The highest BCUT2D eigenvalue weighted by Crippen LogP contribution is 2.26. The molecular formula is C15H21N3O4S. The summed E-state index contributed by atoms with van der Waals surface area (Å²) in [7, 11) is -2.36. The molecule has 8 heteroatoms. The Morgan fingerprint density at radius 2 is 2.04 bits per heavy atom. The minimum atomic E-state index is -3.87. The number of amides is 1. The van der Waals surface area contributed by atoms with Gasteiger partial charge in [0.1, 0.15) is 5.75 Å². The summed E-state index contributed by atoms with van der Waals surface area (Å²) >= 11 is 0. The molecule has 3 unspecified atom stereocenters. The predicted molar refractivity (Wildman–Crippen MR) is 84.6 cm³/mol. The molecule has 2 heterocycles. The summed E-state index contributed by atoms with van der Waals surface area (Å²) in [6.45, 7) is 1.76. The lowest BCUT2D eigenvalue weighted by Gasteiger charge is -2.25. The normalized spacial score (nSPS) is 27.3. The van der Waals surface area contributed by atoms with Gasteiger partial charge in [0.2, 0.25) is 0 Å². The van der Waals surface area contributed by atoms with Crippen LogP contribution >= 0.6 is 0 Å². The average molecular weight is 339 g/mol. The molecule has 0 bridgehead atoms. The summed E-state index contributed by atoms with van der Waals surface area (Å²) in [5, 5.41) is 6.50. The van der Waals surface area contributed by atoms with Gasteiger partial charge in [-0.05, 0) is 49.6 Å². The fourth-order valence-electron chi connectivity index (χ4n) is 3.22. The van der Waals surface area contributed by atoms with Gasteiger partial charge < -0.3 is 15.4 Å². The van der Waals surface area contributed by atoms with Crippen molar-refractivity contribution in [3.63, 3.8) is 0 Å². The van der Waals surface area contributed by atoms with E-state index in [-0.39, 0.29) is 10.9 Å². The smallest absolute Gasteiger partial charge is 0.264 e. The van der Waals surface area contributed by atoms with E-state index < -0.39 is 22.0 Å². The van der Waals surface area contributed by atoms with Gasteiger partial charge >= 0.3 is 0 Å². The number of rotatable bonds is 4. The molecule has 7 nitrogen and oxygen atoms in total. The van der Waals surface area contributed by atoms with Crippen LogP contribution in [-0.4, -0.2) is 46.6 Å². The molecule has 3 N–H and O–H groups in total. The van der Waals surface area contributed by atoms with E-state index in [4.69, 9.17) is 4.74 Å². The van der Waals surface area contributed by atoms with E-state index in [1.807, 2.05) is 0 Å². The Bertz CT molecular complexity index is 660. The lowest BCUT2D eigenvalue weighted by Crippen LogP contribution is -2.48. The van der Waals surface area contributed by atoms with E-state index in [0.29, 0.717) is 18.1 Å². The van der Waals surface area contributed by atoms with Crippen LogP contribution in [0.25, 0.3) is 0 Å². The van der Waals surface area contributed by atoms with Gasteiger partial charge in [0.25, 0.3) is 15.9 Å². The highest BCUT2D eigenvalue weighted by Gasteiger charge is 2.39. The number of nitrogens with one attached hydrogen (secondary N) is 3. The summed E-state index contributed by atoms with van der Waals surface area (Å²) in [6, 6.07) is 5.71. The van der Waals surface area contributed by atoms with Gasteiger partial charge in [-0.25, -0.2) is 13.1 Å². The van der Waals surface area contributed by atoms with Crippen molar-refractivity contribution < 1.29 is 17.9 Å². The van der Waals surface area contributed by atoms with Gasteiger partial charge in [0.15, 0.2) is 0 Å². The zero-order valence-electron chi connectivity index (χ0n) is 12.9. The van der Waals surface area contributed by atoms with E-state index in [2.05, 4.69) is 15.4 Å². The number of carbonyl (C=O) groups excluding carboxylic acids is 1. The number of piperidine rings is 1. The molecule has 3 atom stereocenters. The van der Waals surface area contributed by atoms with Gasteiger partial charge in [-0.3, -0.25) is 4.79 Å². The molecule has 0 saturated carbocycles. The molecule has 23 heavy (non-hydrogen) atoms. The number of benzene rings is 1. The van der Waals surface area contributed by atoms with Crippen molar-refractivity contribution in [2.75, 3.05) is 20.2 Å². The fraction of sp³-hybridized carbons (Fsp3) is 0.533. The van der Waals surface area contributed by atoms with Crippen molar-refractivity contribution >= 4 is 15.9 Å². The summed E-state index contributed by atoms with van der Waals surface area (Å²) in [4.78, 5) is 12.3. The van der Waals surface area contributed by atoms with Crippen LogP contribution in [-0.2, 0) is 14.8 Å². The van der Waals surface area contributed by atoms with E-state index in [9.17, 15) is 13.2 Å². The molecule has 0 aromatic heterocycles. The van der Waals surface area contributed by atoms with Crippen molar-refractivity contribution in [3.05, 3.63) is 24.3 Å². The SMILES string of the molecule is COc1ccc(S(=O)(=O)NC(=O)C2CC3CCNCC3N2)cc1. The molecule has 2 fully saturated rings. The quantitative estimate of drug-likeness (QED) is 0.705. The minimum Gasteiger partial charge on any atom is -0.497 e. The van der Waals surface area contributed by atoms with Gasteiger partial charge in [-0.15, -0.1) is 0 Å². The molecule has 0 spiro atoms. The van der Waals surface area contributed by atoms with Gasteiger partial charge in [-0.2, -0.15) is 0 Å². The first-order valence-electron chi connectivity index (χ1n) is 7.67. The highest BCUT2D eigenvalue weighted by atomic mass is 32.2. The zero-order chi connectivity index (χ0) is 16.4. The fourth-order valence-corrected chi connectivity index (χ4v) is 4.24. The second kappa shape index (κ2) is 6.46. The van der Waals surface area contributed by atoms with Crippen LogP contribution in [0.4, 0.5) is 0 Å². The average Bonchev–Trinajstić information content (AvgIpc) is 2.99. The molecule has 3 rings (SSSR count). The second-order valence-electron chi connectivity index (χ2n) is 5.96. The minimum absolute atomic E-state index is 0.0451. The summed E-state index contributed by atoms with van der Waals surface area (Å²) in [5.41, 5.74) is 0. The van der Waals surface area contributed by atoms with E-state index in [0.717, 1.165) is 19.5 Å². The number of sulfonamides is 1. The molecule has 0 aliphatic carbocycles. The van der Waals surface area contributed by atoms with Crippen molar-refractivity contribution in [2.24, 2.45) is 5.92 Å². The summed E-state index contributed by atoms with van der Waals surface area (Å²) in [6.07, 6.45) is 1.68. The second-order valence-corrected chi connectivity index (χ2v) is 7.64. The first-order valence-corrected chi connectivity index (χ1v) is 9.15. The third-order valence-electron chi connectivity index (χ3n) is 4.50. The van der Waals surface area contributed by atoms with Crippen molar-refractivity contribution in [1.82, 2.24) is 15.4 Å². The van der Waals surface area contributed by atoms with E-state index in [1.54, 1.807) is 12.1 Å². The van der Waals surface area contributed by atoms with Crippen LogP contribution < -0.4 is 20.1 Å². The lowest BCUT2D eigenvalue weighted by atomic mass is 9.92. The first kappa shape index (κ1) is 16.2. The predicted octanol–water partition coefficient (Wildman–Crippen LogP) is -0.160. The van der Waals surface area contributed by atoms with Crippen LogP contribution in [0.3, 0.4) is 0 Å². The number of methoxy groups -OCH3 is 1. The lowest BCUT2D eigenvalue weighted by molar-refractivity contribution is -0.121. The first-order chi connectivity index (χ1) is 11.0. The molecule has 0 radical (unpaired) electrons. The van der Waals surface area contributed by atoms with Crippen LogP contribution in [0, 0.1) is 5.92 Å². The van der Waals surface area contributed by atoms with Crippen LogP contribution in [0.1, 0.15) is 12.8 Å². The standard InChI is InChI=1S/C15H21N3O4S/c1-22-11-2-4-12(5-3-11)23(20,21)18-15(19)13-8-10-6-7-16-9-14(10)17-13/h2-5,10,13-14,16-17H,6-9H2,1H3,(H,18,19). The third-order valence-corrected chi connectivity index (χ3v) is 5.86. The monoisotopic (exact) mass is 339 g/mol. The van der Waals surface area contributed by atoms with Gasteiger partial charge in [-0.1, -0.05) is 0 Å². The molecule has 2 saturated heterocycles. The topological polar surface area (TPSA) is 96.5 Å². The number of hydrogen-bond acceptors (Lipinski definition) is 6. The molecule has 2 aliphatic heterocycles. The van der Waals surface area contributed by atoms with Crippen molar-refractivity contribution in [2.45, 2.75) is 29.8 Å². The van der Waals surface area contributed by atoms with Gasteiger partial charge in [0.05, 0.1) is 18.0 Å². The largest absolute Gasteiger partial charge is 0.497 e. The maximum Gasteiger partial charge on any atom is 0.264 e. The molecule has 1 amide bonds. The Morgan fingerprint density at radius 3 is 2.70 bits per heavy atom. The molecule has 126 valence electrons. The van der Waals surface area contributed by atoms with E-state index >= 15 is 0 Å². The maximum absolute atomic E-state index is 12.3. The summed E-state index contributed by atoms with van der Waals surface area (Å²) in [5.74, 6) is 0.496. The third kappa shape index (κ3) is 3.49. The van der Waals surface area contributed by atoms with E-state index in [1.165, 1.54) is 19.2 Å². The Balaban J connectivity index is 1.66. The summed E-state index contributed by atoms with van der Waals surface area (Å²) < 4.78 is 31.8. The molecule has 1 aromatic rings. The van der Waals surface area contributed by atoms with Gasteiger partial charge in [0, 0.05) is 12.6 Å². The molecule has 1 aromatic carbocycles. The number of ether oxygens (including phenoxy) is 1. The zero-order valence-corrected chi connectivity index (χ0v) is 13.7. The van der Waals surface area contributed by atoms with Crippen molar-refractivity contribution in [3.8, 4) is 5.75 Å². The van der Waals surface area contributed by atoms with Crippen molar-refractivity contribution in [1.29, 1.82) is 0 Å². The molecular weight excluding hydrogens is 318 g/mol. The Labute approximate surface area is 135 Å². The Hall–Kier alpha value is -1.64. The van der Waals surface area contributed by atoms with Crippen LogP contribution in [0.5, 0.6) is 5.75 Å². The molecule has 2 aliphatic rings. The number of hydrogen-bond donors (Lipinski definition) is 3. The van der Waals surface area contributed by atoms with Crippen LogP contribution in [0.2, 0.25) is 0 Å².